The second-order valence-corrected chi connectivity index (χ2v) is 4.99. The van der Waals surface area contributed by atoms with Gasteiger partial charge in [0.25, 0.3) is 5.91 Å². The Morgan fingerprint density at radius 1 is 1.56 bits per heavy atom. The minimum atomic E-state index is 0.0681. The number of hydrogen-bond acceptors (Lipinski definition) is 3. The molecule has 0 aliphatic carbocycles. The Morgan fingerprint density at radius 3 is 3.00 bits per heavy atom. The first-order valence-corrected chi connectivity index (χ1v) is 6.38. The number of aliphatic hydroxyl groups excluding tert-OH is 1. The lowest BCUT2D eigenvalue weighted by atomic mass is 10.1. The van der Waals surface area contributed by atoms with Crippen LogP contribution in [0.1, 0.15) is 28.8 Å². The molecule has 4 nitrogen and oxygen atoms in total. The monoisotopic (exact) mass is 248 g/mol. The minimum absolute atomic E-state index is 0.0681. The molecule has 0 saturated carbocycles. The Kier molecular flexibility index (Phi) is 3.87. The number of benzene rings is 1. The normalized spacial score (nSPS) is 19.2. The first kappa shape index (κ1) is 12.9. The number of nitrogens with zero attached hydrogens (tertiary/aromatic N) is 1. The van der Waals surface area contributed by atoms with E-state index in [0.29, 0.717) is 17.2 Å². The molecule has 1 aromatic rings. The van der Waals surface area contributed by atoms with Gasteiger partial charge in [-0.3, -0.25) is 4.79 Å². The van der Waals surface area contributed by atoms with Crippen molar-refractivity contribution < 1.29 is 9.90 Å². The van der Waals surface area contributed by atoms with E-state index in [1.165, 1.54) is 0 Å². The first-order chi connectivity index (χ1) is 8.61. The fourth-order valence-electron chi connectivity index (χ4n) is 2.43. The zero-order valence-corrected chi connectivity index (χ0v) is 10.7. The van der Waals surface area contributed by atoms with Gasteiger partial charge in [0.15, 0.2) is 0 Å². The van der Waals surface area contributed by atoms with Crippen LogP contribution in [0.5, 0.6) is 0 Å². The number of anilines is 1. The maximum absolute atomic E-state index is 12.3. The van der Waals surface area contributed by atoms with E-state index >= 15 is 0 Å². The third kappa shape index (κ3) is 2.64. The Labute approximate surface area is 107 Å². The molecule has 0 aromatic heterocycles. The van der Waals surface area contributed by atoms with Gasteiger partial charge in [0.1, 0.15) is 0 Å². The van der Waals surface area contributed by atoms with Crippen molar-refractivity contribution in [3.05, 3.63) is 29.3 Å². The molecule has 2 rings (SSSR count). The average Bonchev–Trinajstić information content (AvgIpc) is 2.81. The Hall–Kier alpha value is -1.55. The molecule has 1 heterocycles. The van der Waals surface area contributed by atoms with Gasteiger partial charge in [-0.25, -0.2) is 0 Å². The van der Waals surface area contributed by atoms with Gasteiger partial charge in [0, 0.05) is 30.9 Å². The standard InChI is InChI=1S/C14H20N2O2/c1-10-8-12(2-3-13(10)15)14(18)16-6-4-11(9-16)5-7-17/h2-3,8,11,17H,4-7,9,15H2,1H3. The van der Waals surface area contributed by atoms with Crippen LogP contribution in [0.4, 0.5) is 5.69 Å². The number of carbonyl (C=O) groups is 1. The van der Waals surface area contributed by atoms with Crippen molar-refractivity contribution in [3.8, 4) is 0 Å². The van der Waals surface area contributed by atoms with Gasteiger partial charge in [-0.15, -0.1) is 0 Å². The zero-order chi connectivity index (χ0) is 13.1. The van der Waals surface area contributed by atoms with Crippen LogP contribution < -0.4 is 5.73 Å². The smallest absolute Gasteiger partial charge is 0.253 e. The molecule has 18 heavy (non-hydrogen) atoms. The van der Waals surface area contributed by atoms with Gasteiger partial charge < -0.3 is 15.7 Å². The molecular formula is C14H20N2O2. The highest BCUT2D eigenvalue weighted by atomic mass is 16.3. The summed E-state index contributed by atoms with van der Waals surface area (Å²) in [5.41, 5.74) is 8.10. The van der Waals surface area contributed by atoms with Gasteiger partial charge in [-0.05, 0) is 49.4 Å². The second kappa shape index (κ2) is 5.40. The molecule has 98 valence electrons. The third-order valence-corrected chi connectivity index (χ3v) is 3.63. The number of aryl methyl sites for hydroxylation is 1. The van der Waals surface area contributed by atoms with Crippen molar-refractivity contribution in [3.63, 3.8) is 0 Å². The lowest BCUT2D eigenvalue weighted by molar-refractivity contribution is 0.0784. The maximum atomic E-state index is 12.3. The van der Waals surface area contributed by atoms with Crippen LogP contribution in [0.3, 0.4) is 0 Å². The number of aliphatic hydroxyl groups is 1. The van der Waals surface area contributed by atoms with E-state index < -0.39 is 0 Å². The summed E-state index contributed by atoms with van der Waals surface area (Å²) in [7, 11) is 0. The number of nitrogen functional groups attached to an aromatic ring is 1. The van der Waals surface area contributed by atoms with E-state index in [4.69, 9.17) is 10.8 Å². The topological polar surface area (TPSA) is 66.6 Å². The summed E-state index contributed by atoms with van der Waals surface area (Å²) in [6.07, 6.45) is 1.77. The number of nitrogens with two attached hydrogens (primary N) is 1. The van der Waals surface area contributed by atoms with Crippen LogP contribution in [-0.2, 0) is 0 Å². The highest BCUT2D eigenvalue weighted by Crippen LogP contribution is 2.22. The van der Waals surface area contributed by atoms with Crippen molar-refractivity contribution in [2.75, 3.05) is 25.4 Å². The summed E-state index contributed by atoms with van der Waals surface area (Å²) in [6.45, 7) is 3.65. The van der Waals surface area contributed by atoms with Gasteiger partial charge in [-0.1, -0.05) is 0 Å². The number of amides is 1. The van der Waals surface area contributed by atoms with Gasteiger partial charge in [-0.2, -0.15) is 0 Å². The summed E-state index contributed by atoms with van der Waals surface area (Å²) in [6, 6.07) is 5.41. The van der Waals surface area contributed by atoms with Crippen LogP contribution >= 0.6 is 0 Å². The molecular weight excluding hydrogens is 228 g/mol. The Morgan fingerprint density at radius 2 is 2.33 bits per heavy atom. The zero-order valence-electron chi connectivity index (χ0n) is 10.7. The fourth-order valence-corrected chi connectivity index (χ4v) is 2.43. The Bertz CT molecular complexity index is 445. The summed E-state index contributed by atoms with van der Waals surface area (Å²) in [4.78, 5) is 14.1. The third-order valence-electron chi connectivity index (χ3n) is 3.63. The maximum Gasteiger partial charge on any atom is 0.253 e. The molecule has 1 aromatic carbocycles. The lowest BCUT2D eigenvalue weighted by Gasteiger charge is -2.17. The van der Waals surface area contributed by atoms with E-state index in [1.54, 1.807) is 12.1 Å². The first-order valence-electron chi connectivity index (χ1n) is 6.38. The van der Waals surface area contributed by atoms with Crippen LogP contribution in [-0.4, -0.2) is 35.6 Å². The SMILES string of the molecule is Cc1cc(C(=O)N2CCC(CCO)C2)ccc1N. The number of hydrogen-bond donors (Lipinski definition) is 2. The Balaban J connectivity index is 2.05. The second-order valence-electron chi connectivity index (χ2n) is 4.99. The van der Waals surface area contributed by atoms with E-state index in [9.17, 15) is 4.79 Å². The summed E-state index contributed by atoms with van der Waals surface area (Å²) >= 11 is 0. The molecule has 1 aliphatic rings. The van der Waals surface area contributed by atoms with Crippen molar-refractivity contribution in [2.24, 2.45) is 5.92 Å². The van der Waals surface area contributed by atoms with Gasteiger partial charge >= 0.3 is 0 Å². The predicted molar refractivity (Wildman–Crippen MR) is 71.3 cm³/mol. The molecule has 1 fully saturated rings. The number of rotatable bonds is 3. The van der Waals surface area contributed by atoms with E-state index in [2.05, 4.69) is 0 Å². The summed E-state index contributed by atoms with van der Waals surface area (Å²) in [5.74, 6) is 0.507. The lowest BCUT2D eigenvalue weighted by Crippen LogP contribution is -2.28. The van der Waals surface area contributed by atoms with Crippen molar-refractivity contribution in [1.29, 1.82) is 0 Å². The molecule has 1 aliphatic heterocycles. The van der Waals surface area contributed by atoms with Crippen molar-refractivity contribution in [1.82, 2.24) is 4.90 Å². The number of likely N-dealkylation sites (tertiary alicyclic amines) is 1. The quantitative estimate of drug-likeness (QED) is 0.795. The van der Waals surface area contributed by atoms with E-state index in [0.717, 1.165) is 31.5 Å². The largest absolute Gasteiger partial charge is 0.399 e. The molecule has 3 N–H and O–H groups in total. The van der Waals surface area contributed by atoms with Crippen LogP contribution in [0.15, 0.2) is 18.2 Å². The van der Waals surface area contributed by atoms with Crippen molar-refractivity contribution >= 4 is 11.6 Å². The molecule has 0 spiro atoms. The summed E-state index contributed by atoms with van der Waals surface area (Å²) in [5, 5.41) is 8.92. The van der Waals surface area contributed by atoms with Gasteiger partial charge in [0.2, 0.25) is 0 Å². The van der Waals surface area contributed by atoms with Crippen LogP contribution in [0.2, 0.25) is 0 Å². The predicted octanol–water partition coefficient (Wildman–Crippen LogP) is 1.42. The van der Waals surface area contributed by atoms with E-state index in [-0.39, 0.29) is 12.5 Å². The van der Waals surface area contributed by atoms with Crippen LogP contribution in [0.25, 0.3) is 0 Å². The number of carbonyl (C=O) groups excluding carboxylic acids is 1. The molecule has 1 amide bonds. The highest BCUT2D eigenvalue weighted by molar-refractivity contribution is 5.95. The molecule has 1 atom stereocenters. The summed E-state index contributed by atoms with van der Waals surface area (Å²) < 4.78 is 0. The fraction of sp³-hybridized carbons (Fsp3) is 0.500. The van der Waals surface area contributed by atoms with E-state index in [1.807, 2.05) is 17.9 Å². The molecule has 1 unspecified atom stereocenters. The molecule has 1 saturated heterocycles. The highest BCUT2D eigenvalue weighted by Gasteiger charge is 2.26. The van der Waals surface area contributed by atoms with Crippen molar-refractivity contribution in [2.45, 2.75) is 19.8 Å². The molecule has 4 heteroatoms. The molecule has 0 bridgehead atoms. The molecule has 0 radical (unpaired) electrons. The van der Waals surface area contributed by atoms with Crippen LogP contribution in [0, 0.1) is 12.8 Å². The average molecular weight is 248 g/mol. The van der Waals surface area contributed by atoms with Gasteiger partial charge in [0.05, 0.1) is 0 Å². The minimum Gasteiger partial charge on any atom is -0.399 e.